The van der Waals surface area contributed by atoms with Crippen LogP contribution in [0.15, 0.2) is 109 Å². The van der Waals surface area contributed by atoms with Crippen LogP contribution in [0, 0.1) is 0 Å². The highest BCUT2D eigenvalue weighted by atomic mass is 31.2. The normalized spacial score (nSPS) is 14.6. The van der Waals surface area contributed by atoms with Crippen molar-refractivity contribution >= 4 is 19.7 Å². The van der Waals surface area contributed by atoms with Crippen LogP contribution in [0.3, 0.4) is 0 Å². The Kier molecular flexibility index (Phi) is 49.7. The first-order valence-electron chi connectivity index (χ1n) is 29.2. The number of ether oxygens (including phenoxy) is 1. The Balaban J connectivity index is 5.38. The van der Waals surface area contributed by atoms with E-state index < -0.39 is 20.0 Å². The number of carbonyl (C=O) groups is 2. The van der Waals surface area contributed by atoms with Crippen LogP contribution in [0.2, 0.25) is 0 Å². The number of hydrogen-bond donors (Lipinski definition) is 2. The standard InChI is InChI=1S/C63H109N2O7P/c1-7-10-13-16-19-22-25-28-29-30-31-32-33-34-35-38-40-43-46-49-52-55-62(66)64-60(59-71-73(68,69)70-58-57-65(4,5)6)61(54-51-48-45-42-39-36-26-23-20-17-14-11-8-2)72-63(67)56-53-50-47-44-41-37-27-24-21-18-15-12-9-3/h10,12-13,15,18-19,21-22,24,27-29,31-32,34-35,51,54,60-61H,7-9,11,14,16-17,20,23,25-26,30,33,36-50,52-53,55-59H2,1-6H3,(H-,64,66,68,69)/p+1/b13-10-,15-12+,21-18+,22-19-,27-24-,29-28-,32-31-,35-34-,54-51-. The second-order valence-corrected chi connectivity index (χ2v) is 21.9. The number of allylic oxidation sites excluding steroid dienone is 17. The van der Waals surface area contributed by atoms with Gasteiger partial charge in [0.15, 0.2) is 0 Å². The maximum absolute atomic E-state index is 13.5. The molecule has 0 heterocycles. The number of rotatable bonds is 51. The molecule has 9 nitrogen and oxygen atoms in total. The molecule has 0 fully saturated rings. The summed E-state index contributed by atoms with van der Waals surface area (Å²) in [5.74, 6) is -0.559. The minimum Gasteiger partial charge on any atom is -0.456 e. The van der Waals surface area contributed by atoms with Gasteiger partial charge in [-0.25, -0.2) is 4.57 Å². The number of phosphoric ester groups is 1. The number of esters is 1. The molecule has 73 heavy (non-hydrogen) atoms. The summed E-state index contributed by atoms with van der Waals surface area (Å²) in [7, 11) is 1.45. The Labute approximate surface area is 449 Å². The number of hydrogen-bond acceptors (Lipinski definition) is 6. The Bertz CT molecular complexity index is 1620. The summed E-state index contributed by atoms with van der Waals surface area (Å²) < 4.78 is 30.6. The Morgan fingerprint density at radius 3 is 1.47 bits per heavy atom. The fourth-order valence-corrected chi connectivity index (χ4v) is 8.52. The second kappa shape index (κ2) is 52.1. The molecule has 0 bridgehead atoms. The lowest BCUT2D eigenvalue weighted by Gasteiger charge is -2.27. The van der Waals surface area contributed by atoms with Crippen molar-refractivity contribution < 1.29 is 37.3 Å². The van der Waals surface area contributed by atoms with Crippen LogP contribution in [-0.4, -0.2) is 74.3 Å². The van der Waals surface area contributed by atoms with Crippen molar-refractivity contribution in [1.29, 1.82) is 0 Å². The molecule has 3 atom stereocenters. The summed E-state index contributed by atoms with van der Waals surface area (Å²) in [5.41, 5.74) is 0. The summed E-state index contributed by atoms with van der Waals surface area (Å²) >= 11 is 0. The highest BCUT2D eigenvalue weighted by Crippen LogP contribution is 2.43. The molecule has 10 heteroatoms. The van der Waals surface area contributed by atoms with Crippen molar-refractivity contribution in [2.45, 2.75) is 238 Å². The van der Waals surface area contributed by atoms with Gasteiger partial charge >= 0.3 is 13.8 Å². The molecule has 0 aliphatic carbocycles. The molecule has 0 saturated carbocycles. The third-order valence-corrected chi connectivity index (χ3v) is 13.3. The molecule has 2 N–H and O–H groups in total. The van der Waals surface area contributed by atoms with Crippen LogP contribution in [0.5, 0.6) is 0 Å². The SMILES string of the molecule is CC/C=C\C/C=C\C/C=C\C/C=C\C/C=C\CCCCCCCC(=O)NC(COP(=O)(O)OCC[N+](C)(C)C)C(/C=C\CCCCCCCCCCCCC)OC(=O)CCCCCCC\C=C/C=C/C=C/CC. The average Bonchev–Trinajstić information content (AvgIpc) is 3.35. The number of unbranched alkanes of at least 4 members (excludes halogenated alkanes) is 21. The van der Waals surface area contributed by atoms with Gasteiger partial charge in [0.2, 0.25) is 5.91 Å². The zero-order valence-corrected chi connectivity index (χ0v) is 48.5. The predicted molar refractivity (Wildman–Crippen MR) is 313 cm³/mol. The van der Waals surface area contributed by atoms with E-state index in [1.165, 1.54) is 57.8 Å². The van der Waals surface area contributed by atoms with E-state index in [1.807, 2.05) is 33.3 Å². The van der Waals surface area contributed by atoms with E-state index in [-0.39, 0.29) is 31.5 Å². The molecular formula is C63H110N2O7P+. The van der Waals surface area contributed by atoms with Gasteiger partial charge in [-0.3, -0.25) is 18.6 Å². The Morgan fingerprint density at radius 2 is 0.945 bits per heavy atom. The molecule has 0 aliphatic rings. The fraction of sp³-hybridized carbons (Fsp3) is 0.683. The fourth-order valence-electron chi connectivity index (χ4n) is 7.79. The maximum Gasteiger partial charge on any atom is 0.472 e. The minimum atomic E-state index is -4.46. The molecule has 1 amide bonds. The summed E-state index contributed by atoms with van der Waals surface area (Å²) in [6.07, 6.45) is 70.8. The van der Waals surface area contributed by atoms with E-state index in [0.29, 0.717) is 23.9 Å². The summed E-state index contributed by atoms with van der Waals surface area (Å²) in [5, 5.41) is 3.03. The molecule has 0 aromatic heterocycles. The predicted octanol–water partition coefficient (Wildman–Crippen LogP) is 17.8. The van der Waals surface area contributed by atoms with Crippen molar-refractivity contribution in [1.82, 2.24) is 5.32 Å². The van der Waals surface area contributed by atoms with Gasteiger partial charge in [-0.15, -0.1) is 0 Å². The largest absolute Gasteiger partial charge is 0.472 e. The van der Waals surface area contributed by atoms with Gasteiger partial charge in [0.1, 0.15) is 19.3 Å². The lowest BCUT2D eigenvalue weighted by atomic mass is 10.0. The zero-order chi connectivity index (χ0) is 53.6. The van der Waals surface area contributed by atoms with E-state index in [9.17, 15) is 19.0 Å². The Morgan fingerprint density at radius 1 is 0.507 bits per heavy atom. The molecule has 0 aromatic carbocycles. The number of amides is 1. The van der Waals surface area contributed by atoms with Gasteiger partial charge < -0.3 is 19.4 Å². The van der Waals surface area contributed by atoms with E-state index in [2.05, 4.69) is 123 Å². The highest BCUT2D eigenvalue weighted by Gasteiger charge is 2.30. The third kappa shape index (κ3) is 53.3. The zero-order valence-electron chi connectivity index (χ0n) is 47.6. The second-order valence-electron chi connectivity index (χ2n) is 20.5. The van der Waals surface area contributed by atoms with E-state index in [4.69, 9.17) is 13.8 Å². The van der Waals surface area contributed by atoms with Crippen molar-refractivity contribution in [2.75, 3.05) is 40.9 Å². The van der Waals surface area contributed by atoms with Gasteiger partial charge in [-0.1, -0.05) is 227 Å². The molecule has 0 radical (unpaired) electrons. The number of nitrogens with zero attached hydrogens (tertiary/aromatic N) is 1. The number of quaternary nitrogens is 1. The quantitative estimate of drug-likeness (QED) is 0.0156. The average molecular weight is 1040 g/mol. The van der Waals surface area contributed by atoms with E-state index in [0.717, 1.165) is 128 Å². The number of phosphoric acid groups is 1. The van der Waals surface area contributed by atoms with E-state index in [1.54, 1.807) is 0 Å². The van der Waals surface area contributed by atoms with Gasteiger partial charge in [-0.2, -0.15) is 0 Å². The van der Waals surface area contributed by atoms with Crippen LogP contribution in [-0.2, 0) is 27.9 Å². The van der Waals surface area contributed by atoms with Crippen molar-refractivity contribution in [2.24, 2.45) is 0 Å². The molecule has 418 valence electrons. The van der Waals surface area contributed by atoms with Crippen LogP contribution in [0.1, 0.15) is 226 Å². The summed E-state index contributed by atoms with van der Waals surface area (Å²) in [4.78, 5) is 37.6. The smallest absolute Gasteiger partial charge is 0.456 e. The lowest BCUT2D eigenvalue weighted by molar-refractivity contribution is -0.870. The maximum atomic E-state index is 13.5. The van der Waals surface area contributed by atoms with Gasteiger partial charge in [0.25, 0.3) is 0 Å². The third-order valence-electron chi connectivity index (χ3n) is 12.3. The summed E-state index contributed by atoms with van der Waals surface area (Å²) in [6, 6.07) is -0.874. The number of nitrogens with one attached hydrogen (secondary N) is 1. The molecule has 0 aromatic rings. The molecule has 0 aliphatic heterocycles. The van der Waals surface area contributed by atoms with Crippen LogP contribution in [0.4, 0.5) is 0 Å². The first-order valence-corrected chi connectivity index (χ1v) is 30.7. The molecule has 3 unspecified atom stereocenters. The molecule has 0 saturated heterocycles. The minimum absolute atomic E-state index is 0.0267. The lowest BCUT2D eigenvalue weighted by Crippen LogP contribution is -2.47. The number of carbonyl (C=O) groups excluding carboxylic acids is 2. The first kappa shape index (κ1) is 69.7. The van der Waals surface area contributed by atoms with Gasteiger partial charge in [0, 0.05) is 12.8 Å². The van der Waals surface area contributed by atoms with Crippen LogP contribution in [0.25, 0.3) is 0 Å². The van der Waals surface area contributed by atoms with Gasteiger partial charge in [-0.05, 0) is 96.0 Å². The monoisotopic (exact) mass is 1040 g/mol. The van der Waals surface area contributed by atoms with Crippen molar-refractivity contribution in [3.8, 4) is 0 Å². The van der Waals surface area contributed by atoms with E-state index >= 15 is 0 Å². The number of likely N-dealkylation sites (N-methyl/N-ethyl adjacent to an activating group) is 1. The topological polar surface area (TPSA) is 111 Å². The van der Waals surface area contributed by atoms with Crippen LogP contribution >= 0.6 is 7.82 Å². The molecular weight excluding hydrogens is 928 g/mol. The Hall–Kier alpha value is -3.33. The highest BCUT2D eigenvalue weighted by molar-refractivity contribution is 7.47. The summed E-state index contributed by atoms with van der Waals surface area (Å²) in [6.45, 7) is 6.72. The molecule has 0 rings (SSSR count). The first-order chi connectivity index (χ1) is 35.4. The van der Waals surface area contributed by atoms with Crippen molar-refractivity contribution in [3.63, 3.8) is 0 Å². The van der Waals surface area contributed by atoms with Crippen LogP contribution < -0.4 is 5.32 Å². The van der Waals surface area contributed by atoms with Crippen molar-refractivity contribution in [3.05, 3.63) is 109 Å². The van der Waals surface area contributed by atoms with Gasteiger partial charge in [0.05, 0.1) is 33.8 Å². The molecule has 0 spiro atoms.